The van der Waals surface area contributed by atoms with Gasteiger partial charge in [-0.2, -0.15) is 0 Å². The van der Waals surface area contributed by atoms with Gasteiger partial charge in [-0.25, -0.2) is 4.79 Å². The van der Waals surface area contributed by atoms with E-state index in [1.807, 2.05) is 92.7 Å². The summed E-state index contributed by atoms with van der Waals surface area (Å²) < 4.78 is 22.7. The Bertz CT molecular complexity index is 1280. The van der Waals surface area contributed by atoms with Crippen molar-refractivity contribution < 1.29 is 33.6 Å². The highest BCUT2D eigenvalue weighted by molar-refractivity contribution is 5.86. The highest BCUT2D eigenvalue weighted by Crippen LogP contribution is 2.42. The Kier molecular flexibility index (Phi) is 10.7. The van der Waals surface area contributed by atoms with Crippen LogP contribution in [0.2, 0.25) is 0 Å². The zero-order valence-corrected chi connectivity index (χ0v) is 25.5. The number of rotatable bonds is 12. The molecule has 0 unspecified atom stereocenters. The van der Waals surface area contributed by atoms with E-state index in [-0.39, 0.29) is 25.0 Å². The Morgan fingerprint density at radius 1 is 0.884 bits per heavy atom. The maximum absolute atomic E-state index is 13.8. The summed E-state index contributed by atoms with van der Waals surface area (Å²) in [5.74, 6) is 1.29. The van der Waals surface area contributed by atoms with Gasteiger partial charge in [-0.05, 0) is 59.7 Å². The first-order valence-electron chi connectivity index (χ1n) is 14.5. The standard InChI is InChI=1S/C34H42N2O7/c1-23(2)19-31(35-33(39)42-5)32(38)36-21-28(37)20-27(36)22-43-34(24-9-7-6-8-10-24,25-11-15-29(40-3)16-12-25)26-13-17-30(41-4)18-14-26/h6-18,23,27-28,31,37H,19-22H2,1-5H3,(H,35,39)/t27-,28+,31-/m0/s1. The van der Waals surface area contributed by atoms with Gasteiger partial charge in [0.05, 0.1) is 40.1 Å². The molecule has 9 heteroatoms. The fourth-order valence-corrected chi connectivity index (χ4v) is 5.71. The number of carbonyl (C=O) groups is 2. The lowest BCUT2D eigenvalue weighted by atomic mass is 9.80. The predicted molar refractivity (Wildman–Crippen MR) is 163 cm³/mol. The molecule has 43 heavy (non-hydrogen) atoms. The van der Waals surface area contributed by atoms with E-state index >= 15 is 0 Å². The van der Waals surface area contributed by atoms with Crippen LogP contribution in [-0.2, 0) is 19.9 Å². The van der Waals surface area contributed by atoms with Gasteiger partial charge < -0.3 is 34.3 Å². The molecule has 3 aromatic rings. The highest BCUT2D eigenvalue weighted by atomic mass is 16.5. The lowest BCUT2D eigenvalue weighted by Crippen LogP contribution is -2.52. The number of aliphatic hydroxyl groups excluding tert-OH is 1. The van der Waals surface area contributed by atoms with Gasteiger partial charge in [0, 0.05) is 6.54 Å². The van der Waals surface area contributed by atoms with E-state index in [1.165, 1.54) is 7.11 Å². The molecule has 1 saturated heterocycles. The molecule has 2 amide bonds. The number of likely N-dealkylation sites (tertiary alicyclic amines) is 1. The molecule has 0 aliphatic carbocycles. The zero-order valence-electron chi connectivity index (χ0n) is 25.5. The van der Waals surface area contributed by atoms with Gasteiger partial charge in [-0.1, -0.05) is 68.4 Å². The maximum atomic E-state index is 13.8. The molecule has 2 N–H and O–H groups in total. The van der Waals surface area contributed by atoms with E-state index in [4.69, 9.17) is 18.9 Å². The fraction of sp³-hybridized carbons (Fsp3) is 0.412. The van der Waals surface area contributed by atoms with Gasteiger partial charge in [0.2, 0.25) is 5.91 Å². The second-order valence-corrected chi connectivity index (χ2v) is 11.2. The molecule has 0 bridgehead atoms. The van der Waals surface area contributed by atoms with Crippen LogP contribution in [0.5, 0.6) is 11.5 Å². The summed E-state index contributed by atoms with van der Waals surface area (Å²) in [5.41, 5.74) is 1.56. The van der Waals surface area contributed by atoms with Gasteiger partial charge in [-0.3, -0.25) is 4.79 Å². The number of hydrogen-bond donors (Lipinski definition) is 2. The molecule has 1 aliphatic rings. The summed E-state index contributed by atoms with van der Waals surface area (Å²) in [4.78, 5) is 27.5. The highest BCUT2D eigenvalue weighted by Gasteiger charge is 2.43. The molecule has 4 rings (SSSR count). The van der Waals surface area contributed by atoms with Crippen LogP contribution >= 0.6 is 0 Å². The minimum Gasteiger partial charge on any atom is -0.497 e. The third-order valence-electron chi connectivity index (χ3n) is 7.82. The SMILES string of the molecule is COC(=O)N[C@@H](CC(C)C)C(=O)N1C[C@H](O)C[C@H]1COC(c1ccccc1)(c1ccc(OC)cc1)c1ccc(OC)cc1. The molecule has 0 aromatic heterocycles. The Balaban J connectivity index is 1.75. The molecular weight excluding hydrogens is 548 g/mol. The number of ether oxygens (including phenoxy) is 4. The van der Waals surface area contributed by atoms with Crippen LogP contribution in [-0.4, -0.2) is 74.7 Å². The van der Waals surface area contributed by atoms with Crippen LogP contribution in [0.15, 0.2) is 78.9 Å². The monoisotopic (exact) mass is 590 g/mol. The lowest BCUT2D eigenvalue weighted by Gasteiger charge is -2.38. The van der Waals surface area contributed by atoms with Crippen molar-refractivity contribution in [3.8, 4) is 11.5 Å². The van der Waals surface area contributed by atoms with Crippen LogP contribution < -0.4 is 14.8 Å². The summed E-state index contributed by atoms with van der Waals surface area (Å²) in [6.45, 7) is 4.24. The summed E-state index contributed by atoms with van der Waals surface area (Å²) in [6.07, 6.45) is -0.620. The van der Waals surface area contributed by atoms with Crippen molar-refractivity contribution in [1.82, 2.24) is 10.2 Å². The molecule has 230 valence electrons. The molecule has 3 atom stereocenters. The second-order valence-electron chi connectivity index (χ2n) is 11.2. The number of methoxy groups -OCH3 is 3. The van der Waals surface area contributed by atoms with Crippen LogP contribution in [0.4, 0.5) is 4.79 Å². The number of β-amino-alcohol motifs (C(OH)–C–C–N with tert-alkyl or cyclic N) is 1. The van der Waals surface area contributed by atoms with E-state index in [9.17, 15) is 14.7 Å². The molecule has 1 aliphatic heterocycles. The van der Waals surface area contributed by atoms with Crippen molar-refractivity contribution in [3.05, 3.63) is 95.6 Å². The number of amides is 2. The first-order valence-corrected chi connectivity index (χ1v) is 14.5. The van der Waals surface area contributed by atoms with Crippen molar-refractivity contribution in [2.24, 2.45) is 5.92 Å². The van der Waals surface area contributed by atoms with Gasteiger partial charge in [0.25, 0.3) is 0 Å². The number of carbonyl (C=O) groups excluding carboxylic acids is 2. The van der Waals surface area contributed by atoms with Crippen LogP contribution in [0.1, 0.15) is 43.4 Å². The van der Waals surface area contributed by atoms with E-state index in [1.54, 1.807) is 19.1 Å². The Hall–Kier alpha value is -4.08. The van der Waals surface area contributed by atoms with Gasteiger partial charge in [0.15, 0.2) is 0 Å². The Labute approximate surface area is 253 Å². The molecule has 0 saturated carbocycles. The van der Waals surface area contributed by atoms with Crippen molar-refractivity contribution in [3.63, 3.8) is 0 Å². The Morgan fingerprint density at radius 3 is 1.91 bits per heavy atom. The third-order valence-corrected chi connectivity index (χ3v) is 7.82. The van der Waals surface area contributed by atoms with E-state index in [0.29, 0.717) is 24.3 Å². The number of hydrogen-bond acceptors (Lipinski definition) is 7. The molecule has 0 spiro atoms. The molecule has 0 radical (unpaired) electrons. The largest absolute Gasteiger partial charge is 0.497 e. The smallest absolute Gasteiger partial charge is 0.407 e. The number of nitrogens with one attached hydrogen (secondary N) is 1. The topological polar surface area (TPSA) is 107 Å². The molecule has 9 nitrogen and oxygen atoms in total. The number of benzene rings is 3. The summed E-state index contributed by atoms with van der Waals surface area (Å²) >= 11 is 0. The lowest BCUT2D eigenvalue weighted by molar-refractivity contribution is -0.137. The van der Waals surface area contributed by atoms with E-state index in [0.717, 1.165) is 16.7 Å². The maximum Gasteiger partial charge on any atom is 0.407 e. The molecule has 1 heterocycles. The molecular formula is C34H42N2O7. The van der Waals surface area contributed by atoms with Crippen molar-refractivity contribution >= 4 is 12.0 Å². The van der Waals surface area contributed by atoms with Crippen LogP contribution in [0, 0.1) is 5.92 Å². The van der Waals surface area contributed by atoms with Gasteiger partial charge in [0.1, 0.15) is 23.1 Å². The van der Waals surface area contributed by atoms with Crippen molar-refractivity contribution in [2.45, 2.75) is 50.5 Å². The van der Waals surface area contributed by atoms with E-state index < -0.39 is 29.9 Å². The normalized spacial score (nSPS) is 17.4. The zero-order chi connectivity index (χ0) is 31.0. The average Bonchev–Trinajstić information content (AvgIpc) is 3.41. The number of nitrogens with zero attached hydrogens (tertiary/aromatic N) is 1. The fourth-order valence-electron chi connectivity index (χ4n) is 5.71. The third kappa shape index (κ3) is 7.29. The minimum absolute atomic E-state index is 0.127. The van der Waals surface area contributed by atoms with E-state index in [2.05, 4.69) is 5.32 Å². The number of alkyl carbamates (subject to hydrolysis) is 1. The van der Waals surface area contributed by atoms with Crippen molar-refractivity contribution in [2.75, 3.05) is 34.5 Å². The summed E-state index contributed by atoms with van der Waals surface area (Å²) in [7, 11) is 4.51. The minimum atomic E-state index is -1.07. The van der Waals surface area contributed by atoms with Crippen LogP contribution in [0.3, 0.4) is 0 Å². The second kappa shape index (κ2) is 14.4. The first-order chi connectivity index (χ1) is 20.7. The van der Waals surface area contributed by atoms with Gasteiger partial charge >= 0.3 is 6.09 Å². The quantitative estimate of drug-likeness (QED) is 0.294. The molecule has 1 fully saturated rings. The van der Waals surface area contributed by atoms with Gasteiger partial charge in [-0.15, -0.1) is 0 Å². The average molecular weight is 591 g/mol. The summed E-state index contributed by atoms with van der Waals surface area (Å²) in [6, 6.07) is 24.1. The summed E-state index contributed by atoms with van der Waals surface area (Å²) in [5, 5.41) is 13.4. The predicted octanol–water partition coefficient (Wildman–Crippen LogP) is 4.74. The molecule has 3 aromatic carbocycles. The van der Waals surface area contributed by atoms with Crippen LogP contribution in [0.25, 0.3) is 0 Å². The Morgan fingerprint density at radius 2 is 1.42 bits per heavy atom. The van der Waals surface area contributed by atoms with Crippen molar-refractivity contribution in [1.29, 1.82) is 0 Å². The first kappa shape index (κ1) is 31.8. The number of aliphatic hydroxyl groups is 1.